The monoisotopic (exact) mass is 351 g/mol. The molecule has 0 saturated carbocycles. The van der Waals surface area contributed by atoms with Gasteiger partial charge in [0.1, 0.15) is 10.7 Å². The molecule has 4 aromatic rings. The Labute approximate surface area is 148 Å². The molecule has 2 aromatic carbocycles. The molecule has 0 saturated heterocycles. The molecule has 0 spiro atoms. The number of nitrogens with zero attached hydrogens (tertiary/aromatic N) is 3. The van der Waals surface area contributed by atoms with Gasteiger partial charge in [-0.2, -0.15) is 5.10 Å². The van der Waals surface area contributed by atoms with E-state index in [0.29, 0.717) is 17.2 Å². The fourth-order valence-electron chi connectivity index (χ4n) is 2.68. The number of carbonyl (C=O) groups is 1. The summed E-state index contributed by atoms with van der Waals surface area (Å²) in [4.78, 5) is 20.1. The van der Waals surface area contributed by atoms with Crippen molar-refractivity contribution in [1.82, 2.24) is 19.7 Å². The van der Waals surface area contributed by atoms with Gasteiger partial charge in [-0.25, -0.2) is 9.67 Å². The molecule has 6 nitrogen and oxygen atoms in total. The van der Waals surface area contributed by atoms with Gasteiger partial charge in [0.05, 0.1) is 22.4 Å². The molecule has 2 N–H and O–H groups in total. The van der Waals surface area contributed by atoms with Gasteiger partial charge >= 0.3 is 0 Å². The highest BCUT2D eigenvalue weighted by Crippen LogP contribution is 2.24. The molecule has 0 aliphatic heterocycles. The minimum Gasteiger partial charge on any atom is -0.324 e. The van der Waals surface area contributed by atoms with E-state index >= 15 is 0 Å². The van der Waals surface area contributed by atoms with Gasteiger partial charge in [0, 0.05) is 0 Å². The SMILES string of the molecule is Cc1nn(-c2ccccc2)c(Cl)c1C(=O)Nc1nc2ccccc2[nH]1. The van der Waals surface area contributed by atoms with E-state index in [-0.39, 0.29) is 11.1 Å². The third-order valence-electron chi connectivity index (χ3n) is 3.85. The summed E-state index contributed by atoms with van der Waals surface area (Å²) in [5.41, 5.74) is 3.29. The van der Waals surface area contributed by atoms with Gasteiger partial charge in [-0.05, 0) is 31.2 Å². The fraction of sp³-hybridized carbons (Fsp3) is 0.0556. The first-order chi connectivity index (χ1) is 12.1. The number of anilines is 1. The summed E-state index contributed by atoms with van der Waals surface area (Å²) in [7, 11) is 0. The van der Waals surface area contributed by atoms with E-state index in [1.165, 1.54) is 0 Å². The zero-order chi connectivity index (χ0) is 17.4. The number of halogens is 1. The topological polar surface area (TPSA) is 75.6 Å². The number of hydrogen-bond acceptors (Lipinski definition) is 3. The average molecular weight is 352 g/mol. The Kier molecular flexibility index (Phi) is 3.74. The average Bonchev–Trinajstić information content (AvgIpc) is 3.15. The molecule has 4 rings (SSSR count). The summed E-state index contributed by atoms with van der Waals surface area (Å²) in [5.74, 6) is 0.0119. The van der Waals surface area contributed by atoms with Crippen molar-refractivity contribution < 1.29 is 4.79 Å². The lowest BCUT2D eigenvalue weighted by atomic mass is 10.2. The maximum Gasteiger partial charge on any atom is 0.263 e. The van der Waals surface area contributed by atoms with Gasteiger partial charge in [0.2, 0.25) is 5.95 Å². The number of H-pyrrole nitrogens is 1. The highest BCUT2D eigenvalue weighted by Gasteiger charge is 2.22. The third-order valence-corrected chi connectivity index (χ3v) is 4.20. The van der Waals surface area contributed by atoms with Crippen LogP contribution in [0.5, 0.6) is 0 Å². The number of hydrogen-bond donors (Lipinski definition) is 2. The van der Waals surface area contributed by atoms with E-state index in [9.17, 15) is 4.79 Å². The Morgan fingerprint density at radius 2 is 1.84 bits per heavy atom. The predicted octanol–water partition coefficient (Wildman–Crippen LogP) is 3.96. The van der Waals surface area contributed by atoms with Crippen LogP contribution < -0.4 is 5.32 Å². The number of amides is 1. The van der Waals surface area contributed by atoms with Crippen LogP contribution in [-0.2, 0) is 0 Å². The van der Waals surface area contributed by atoms with Crippen LogP contribution in [0.4, 0.5) is 5.95 Å². The number of nitrogens with one attached hydrogen (secondary N) is 2. The van der Waals surface area contributed by atoms with Crippen LogP contribution >= 0.6 is 11.6 Å². The Balaban J connectivity index is 1.67. The summed E-state index contributed by atoms with van der Waals surface area (Å²) in [6, 6.07) is 17.0. The summed E-state index contributed by atoms with van der Waals surface area (Å²) in [6.45, 7) is 1.75. The summed E-state index contributed by atoms with van der Waals surface area (Å²) >= 11 is 6.41. The molecule has 0 aliphatic carbocycles. The van der Waals surface area contributed by atoms with Gasteiger partial charge < -0.3 is 4.98 Å². The Hall–Kier alpha value is -3.12. The molecule has 7 heteroatoms. The number of fused-ring (bicyclic) bond motifs is 1. The maximum atomic E-state index is 12.7. The molecule has 0 fully saturated rings. The van der Waals surface area contributed by atoms with Crippen molar-refractivity contribution >= 4 is 34.5 Å². The van der Waals surface area contributed by atoms with E-state index in [4.69, 9.17) is 11.6 Å². The summed E-state index contributed by atoms with van der Waals surface area (Å²) < 4.78 is 1.55. The van der Waals surface area contributed by atoms with Crippen LogP contribution in [0.2, 0.25) is 5.15 Å². The van der Waals surface area contributed by atoms with Crippen molar-refractivity contribution in [3.05, 3.63) is 71.0 Å². The molecule has 0 unspecified atom stereocenters. The second kappa shape index (κ2) is 6.07. The van der Waals surface area contributed by atoms with E-state index in [1.54, 1.807) is 11.6 Å². The largest absolute Gasteiger partial charge is 0.324 e. The first-order valence-corrected chi connectivity index (χ1v) is 8.08. The number of aromatic amines is 1. The first-order valence-electron chi connectivity index (χ1n) is 7.70. The van der Waals surface area contributed by atoms with Crippen LogP contribution in [0.15, 0.2) is 54.6 Å². The molecule has 0 radical (unpaired) electrons. The number of aromatic nitrogens is 4. The van der Waals surface area contributed by atoms with Crippen molar-refractivity contribution in [3.63, 3.8) is 0 Å². The van der Waals surface area contributed by atoms with Crippen LogP contribution in [-0.4, -0.2) is 25.7 Å². The second-order valence-corrected chi connectivity index (χ2v) is 5.91. The van der Waals surface area contributed by atoms with Crippen molar-refractivity contribution in [3.8, 4) is 5.69 Å². The number of rotatable bonds is 3. The number of benzene rings is 2. The molecule has 2 heterocycles. The molecule has 25 heavy (non-hydrogen) atoms. The van der Waals surface area contributed by atoms with Crippen molar-refractivity contribution in [2.45, 2.75) is 6.92 Å². The predicted molar refractivity (Wildman–Crippen MR) is 97.4 cm³/mol. The molecule has 124 valence electrons. The van der Waals surface area contributed by atoms with E-state index < -0.39 is 0 Å². The number of carbonyl (C=O) groups excluding carboxylic acids is 1. The zero-order valence-corrected chi connectivity index (χ0v) is 14.1. The van der Waals surface area contributed by atoms with Gasteiger partial charge in [0.25, 0.3) is 5.91 Å². The highest BCUT2D eigenvalue weighted by molar-refractivity contribution is 6.34. The van der Waals surface area contributed by atoms with Gasteiger partial charge in [-0.1, -0.05) is 41.9 Å². The van der Waals surface area contributed by atoms with Gasteiger partial charge in [-0.15, -0.1) is 0 Å². The van der Waals surface area contributed by atoms with Gasteiger partial charge in [0.15, 0.2) is 0 Å². The third kappa shape index (κ3) is 2.77. The Bertz CT molecular complexity index is 1030. The van der Waals surface area contributed by atoms with E-state index in [2.05, 4.69) is 20.4 Å². The maximum absolute atomic E-state index is 12.7. The lowest BCUT2D eigenvalue weighted by Crippen LogP contribution is -2.14. The number of aryl methyl sites for hydroxylation is 1. The fourth-order valence-corrected chi connectivity index (χ4v) is 3.04. The Morgan fingerprint density at radius 1 is 1.12 bits per heavy atom. The highest BCUT2D eigenvalue weighted by atomic mass is 35.5. The van der Waals surface area contributed by atoms with Crippen LogP contribution in [0.1, 0.15) is 16.1 Å². The molecular weight excluding hydrogens is 338 g/mol. The van der Waals surface area contributed by atoms with Crippen LogP contribution in [0.25, 0.3) is 16.7 Å². The Morgan fingerprint density at radius 3 is 2.60 bits per heavy atom. The summed E-state index contributed by atoms with van der Waals surface area (Å²) in [6.07, 6.45) is 0. The molecular formula is C18H14ClN5O. The zero-order valence-electron chi connectivity index (χ0n) is 13.3. The standard InChI is InChI=1S/C18H14ClN5O/c1-11-15(16(19)24(23-11)12-7-3-2-4-8-12)17(25)22-18-20-13-9-5-6-10-14(13)21-18/h2-10H,1H3,(H2,20,21,22,25). The van der Waals surface area contributed by atoms with Crippen molar-refractivity contribution in [2.75, 3.05) is 5.32 Å². The number of para-hydroxylation sites is 3. The lowest BCUT2D eigenvalue weighted by Gasteiger charge is -2.03. The van der Waals surface area contributed by atoms with E-state index in [0.717, 1.165) is 16.7 Å². The lowest BCUT2D eigenvalue weighted by molar-refractivity contribution is 0.102. The second-order valence-electron chi connectivity index (χ2n) is 5.56. The van der Waals surface area contributed by atoms with Gasteiger partial charge in [-0.3, -0.25) is 10.1 Å². The quantitative estimate of drug-likeness (QED) is 0.586. The molecule has 0 atom stereocenters. The number of imidazole rings is 1. The minimum absolute atomic E-state index is 0.261. The first kappa shape index (κ1) is 15.4. The molecule has 0 bridgehead atoms. The van der Waals surface area contributed by atoms with Crippen molar-refractivity contribution in [2.24, 2.45) is 0 Å². The van der Waals surface area contributed by atoms with Crippen molar-refractivity contribution in [1.29, 1.82) is 0 Å². The van der Waals surface area contributed by atoms with Crippen LogP contribution in [0, 0.1) is 6.92 Å². The minimum atomic E-state index is -0.358. The molecule has 1 amide bonds. The van der Waals surface area contributed by atoms with E-state index in [1.807, 2.05) is 54.6 Å². The molecule has 2 aromatic heterocycles. The van der Waals surface area contributed by atoms with Crippen LogP contribution in [0.3, 0.4) is 0 Å². The normalized spacial score (nSPS) is 11.0. The smallest absolute Gasteiger partial charge is 0.263 e. The summed E-state index contributed by atoms with van der Waals surface area (Å²) in [5, 5.41) is 7.39. The molecule has 0 aliphatic rings.